The monoisotopic (exact) mass is 268 g/mol. The Kier molecular flexibility index (Phi) is 3.99. The summed E-state index contributed by atoms with van der Waals surface area (Å²) in [5, 5.41) is 14.8. The fourth-order valence-electron chi connectivity index (χ4n) is 2.95. The van der Waals surface area contributed by atoms with Crippen molar-refractivity contribution in [2.75, 3.05) is 20.1 Å². The van der Waals surface area contributed by atoms with Crippen molar-refractivity contribution < 1.29 is 10.0 Å². The molecule has 2 aliphatic carbocycles. The van der Waals surface area contributed by atoms with E-state index in [1.54, 1.807) is 0 Å². The normalized spacial score (nSPS) is 31.1. The summed E-state index contributed by atoms with van der Waals surface area (Å²) in [4.78, 5) is 14.5. The van der Waals surface area contributed by atoms with E-state index < -0.39 is 5.41 Å². The second-order valence-electron chi connectivity index (χ2n) is 6.05. The van der Waals surface area contributed by atoms with Gasteiger partial charge in [0.2, 0.25) is 5.91 Å². The van der Waals surface area contributed by atoms with Gasteiger partial charge in [0.25, 0.3) is 0 Å². The van der Waals surface area contributed by atoms with E-state index in [-0.39, 0.29) is 11.7 Å². The number of oxime groups is 1. The van der Waals surface area contributed by atoms with Crippen molar-refractivity contribution in [3.05, 3.63) is 0 Å². The summed E-state index contributed by atoms with van der Waals surface area (Å²) in [5.74, 6) is 0.379. The zero-order chi connectivity index (χ0) is 14.0. The summed E-state index contributed by atoms with van der Waals surface area (Å²) in [5.41, 5.74) is 4.91. The number of amidine groups is 1. The molecule has 0 aromatic heterocycles. The topological polar surface area (TPSA) is 91.0 Å². The number of nitrogens with one attached hydrogen (secondary N) is 1. The first-order valence-corrected chi connectivity index (χ1v) is 6.96. The van der Waals surface area contributed by atoms with Crippen LogP contribution in [0.3, 0.4) is 0 Å². The van der Waals surface area contributed by atoms with Crippen LogP contribution in [0.5, 0.6) is 0 Å². The number of amides is 1. The average Bonchev–Trinajstić information content (AvgIpc) is 3.17. The van der Waals surface area contributed by atoms with Gasteiger partial charge in [-0.25, -0.2) is 0 Å². The van der Waals surface area contributed by atoms with Gasteiger partial charge in [0, 0.05) is 19.1 Å². The van der Waals surface area contributed by atoms with Crippen LogP contribution in [-0.4, -0.2) is 48.0 Å². The molecule has 19 heavy (non-hydrogen) atoms. The number of likely N-dealkylation sites (N-methyl/N-ethyl adjacent to an activating group) is 1. The van der Waals surface area contributed by atoms with Gasteiger partial charge in [-0.3, -0.25) is 4.79 Å². The molecule has 108 valence electrons. The van der Waals surface area contributed by atoms with E-state index in [1.165, 1.54) is 12.8 Å². The molecule has 0 bridgehead atoms. The Morgan fingerprint density at radius 1 is 1.53 bits per heavy atom. The zero-order valence-corrected chi connectivity index (χ0v) is 11.7. The third-order valence-electron chi connectivity index (χ3n) is 4.35. The molecular formula is C13H24N4O2. The highest BCUT2D eigenvalue weighted by atomic mass is 16.4. The Labute approximate surface area is 114 Å². The number of rotatable bonds is 6. The summed E-state index contributed by atoms with van der Waals surface area (Å²) in [7, 11) is 2.08. The average molecular weight is 268 g/mol. The van der Waals surface area contributed by atoms with Crippen LogP contribution in [0.4, 0.5) is 0 Å². The molecule has 0 saturated heterocycles. The Morgan fingerprint density at radius 3 is 2.63 bits per heavy atom. The second kappa shape index (κ2) is 5.36. The SMILES string of the molecule is CC1CC(C(=O)NCCN(C)C2CC2)(C(N)=NO)C1. The highest BCUT2D eigenvalue weighted by molar-refractivity contribution is 6.07. The van der Waals surface area contributed by atoms with Crippen LogP contribution in [0.25, 0.3) is 0 Å². The fourth-order valence-corrected chi connectivity index (χ4v) is 2.95. The quantitative estimate of drug-likeness (QED) is 0.281. The van der Waals surface area contributed by atoms with Crippen LogP contribution >= 0.6 is 0 Å². The van der Waals surface area contributed by atoms with Crippen molar-refractivity contribution in [2.24, 2.45) is 22.2 Å². The van der Waals surface area contributed by atoms with Crippen molar-refractivity contribution in [1.82, 2.24) is 10.2 Å². The largest absolute Gasteiger partial charge is 0.409 e. The highest BCUT2D eigenvalue weighted by Crippen LogP contribution is 2.45. The van der Waals surface area contributed by atoms with Gasteiger partial charge in [-0.1, -0.05) is 12.1 Å². The predicted octanol–water partition coefficient (Wildman–Crippen LogP) is 0.360. The van der Waals surface area contributed by atoms with Crippen LogP contribution in [-0.2, 0) is 4.79 Å². The minimum absolute atomic E-state index is 0.0404. The number of nitrogens with zero attached hydrogens (tertiary/aromatic N) is 2. The molecule has 0 aromatic carbocycles. The smallest absolute Gasteiger partial charge is 0.234 e. The minimum Gasteiger partial charge on any atom is -0.409 e. The van der Waals surface area contributed by atoms with Gasteiger partial charge in [-0.2, -0.15) is 0 Å². The lowest BCUT2D eigenvalue weighted by Crippen LogP contribution is -2.57. The number of hydrogen-bond acceptors (Lipinski definition) is 4. The maximum atomic E-state index is 12.3. The van der Waals surface area contributed by atoms with E-state index in [4.69, 9.17) is 10.9 Å². The fraction of sp³-hybridized carbons (Fsp3) is 0.846. The van der Waals surface area contributed by atoms with Gasteiger partial charge < -0.3 is 21.2 Å². The molecule has 1 amide bonds. The minimum atomic E-state index is -0.785. The van der Waals surface area contributed by atoms with Crippen molar-refractivity contribution in [1.29, 1.82) is 0 Å². The summed E-state index contributed by atoms with van der Waals surface area (Å²) in [6.07, 6.45) is 3.84. The van der Waals surface area contributed by atoms with E-state index in [9.17, 15) is 4.79 Å². The van der Waals surface area contributed by atoms with Gasteiger partial charge in [0.15, 0.2) is 5.84 Å². The molecule has 6 nitrogen and oxygen atoms in total. The lowest BCUT2D eigenvalue weighted by molar-refractivity contribution is -0.133. The molecule has 6 heteroatoms. The van der Waals surface area contributed by atoms with Crippen LogP contribution in [0, 0.1) is 11.3 Å². The molecule has 2 aliphatic rings. The second-order valence-corrected chi connectivity index (χ2v) is 6.05. The van der Waals surface area contributed by atoms with Gasteiger partial charge in [0.1, 0.15) is 5.41 Å². The summed E-state index contributed by atoms with van der Waals surface area (Å²) < 4.78 is 0. The van der Waals surface area contributed by atoms with Gasteiger partial charge in [-0.05, 0) is 38.6 Å². The molecule has 2 rings (SSSR count). The van der Waals surface area contributed by atoms with Crippen LogP contribution < -0.4 is 11.1 Å². The van der Waals surface area contributed by atoms with Crippen LogP contribution in [0.15, 0.2) is 5.16 Å². The Balaban J connectivity index is 1.83. The lowest BCUT2D eigenvalue weighted by atomic mass is 9.61. The summed E-state index contributed by atoms with van der Waals surface area (Å²) in [6.45, 7) is 3.52. The van der Waals surface area contributed by atoms with E-state index >= 15 is 0 Å². The number of hydrogen-bond donors (Lipinski definition) is 3. The number of carbonyl (C=O) groups is 1. The standard InChI is InChI=1S/C13H24N4O2/c1-9-7-13(8-9,11(14)16-19)12(18)15-5-6-17(2)10-3-4-10/h9-10,19H,3-8H2,1-2H3,(H2,14,16)(H,15,18). The number of carbonyl (C=O) groups excluding carboxylic acids is 1. The molecule has 4 N–H and O–H groups in total. The first-order valence-electron chi connectivity index (χ1n) is 6.96. The lowest BCUT2D eigenvalue weighted by Gasteiger charge is -2.43. The van der Waals surface area contributed by atoms with E-state index in [0.717, 1.165) is 6.54 Å². The van der Waals surface area contributed by atoms with Gasteiger partial charge in [-0.15, -0.1) is 0 Å². The number of nitrogens with two attached hydrogens (primary N) is 1. The molecule has 2 fully saturated rings. The molecule has 0 heterocycles. The van der Waals surface area contributed by atoms with Gasteiger partial charge >= 0.3 is 0 Å². The van der Waals surface area contributed by atoms with E-state index in [0.29, 0.717) is 31.3 Å². The molecule has 0 aliphatic heterocycles. The molecule has 0 aromatic rings. The van der Waals surface area contributed by atoms with Crippen molar-refractivity contribution in [3.63, 3.8) is 0 Å². The van der Waals surface area contributed by atoms with Crippen molar-refractivity contribution in [2.45, 2.75) is 38.6 Å². The third-order valence-corrected chi connectivity index (χ3v) is 4.35. The zero-order valence-electron chi connectivity index (χ0n) is 11.7. The first-order chi connectivity index (χ1) is 8.99. The molecule has 0 atom stereocenters. The molecule has 0 unspecified atom stereocenters. The Morgan fingerprint density at radius 2 is 2.16 bits per heavy atom. The maximum Gasteiger partial charge on any atom is 0.234 e. The van der Waals surface area contributed by atoms with Crippen molar-refractivity contribution >= 4 is 11.7 Å². The maximum absolute atomic E-state index is 12.3. The van der Waals surface area contributed by atoms with Crippen LogP contribution in [0.1, 0.15) is 32.6 Å². The van der Waals surface area contributed by atoms with Gasteiger partial charge in [0.05, 0.1) is 0 Å². The highest BCUT2D eigenvalue weighted by Gasteiger charge is 2.52. The molecule has 2 saturated carbocycles. The predicted molar refractivity (Wildman–Crippen MR) is 72.9 cm³/mol. The summed E-state index contributed by atoms with van der Waals surface area (Å²) in [6, 6.07) is 0.693. The van der Waals surface area contributed by atoms with E-state index in [1.807, 2.05) is 0 Å². The van der Waals surface area contributed by atoms with E-state index in [2.05, 4.69) is 29.3 Å². The van der Waals surface area contributed by atoms with Crippen molar-refractivity contribution in [3.8, 4) is 0 Å². The molecule has 0 spiro atoms. The molecular weight excluding hydrogens is 244 g/mol. The molecule has 0 radical (unpaired) electrons. The Bertz CT molecular complexity index is 373. The third kappa shape index (κ3) is 2.83. The summed E-state index contributed by atoms with van der Waals surface area (Å²) >= 11 is 0. The van der Waals surface area contributed by atoms with Crippen LogP contribution in [0.2, 0.25) is 0 Å². The Hall–Kier alpha value is -1.30. The first kappa shape index (κ1) is 14.1.